The second-order valence-electron chi connectivity index (χ2n) is 6.37. The lowest BCUT2D eigenvalue weighted by Gasteiger charge is -2.25. The fourth-order valence-electron chi connectivity index (χ4n) is 3.09. The second kappa shape index (κ2) is 6.60. The standard InChI is InChI=1S/C15H24N4O3S/c1-11-8-14(19(2)12-5-7-23(20,21)10-12)18-15(17-11)16-9-13-4-3-6-22-13/h8,12-13H,3-7,9-10H2,1-2H3,(H,16,17,18). The SMILES string of the molecule is Cc1cc(N(C)C2CCS(=O)(=O)C2)nc(NCC2CCCO2)n1. The molecular weight excluding hydrogens is 316 g/mol. The van der Waals surface area contributed by atoms with Crippen LogP contribution in [0.4, 0.5) is 11.8 Å². The van der Waals surface area contributed by atoms with Crippen molar-refractivity contribution in [3.05, 3.63) is 11.8 Å². The molecule has 1 aromatic heterocycles. The summed E-state index contributed by atoms with van der Waals surface area (Å²) in [5, 5.41) is 3.24. The van der Waals surface area contributed by atoms with Crippen LogP contribution >= 0.6 is 0 Å². The molecule has 1 aromatic rings. The van der Waals surface area contributed by atoms with Gasteiger partial charge >= 0.3 is 0 Å². The van der Waals surface area contributed by atoms with Crippen molar-refractivity contribution in [1.82, 2.24) is 9.97 Å². The molecule has 3 heterocycles. The van der Waals surface area contributed by atoms with Crippen molar-refractivity contribution in [2.45, 2.75) is 38.3 Å². The van der Waals surface area contributed by atoms with Crippen LogP contribution in [-0.2, 0) is 14.6 Å². The van der Waals surface area contributed by atoms with Gasteiger partial charge in [0.15, 0.2) is 9.84 Å². The molecule has 0 amide bonds. The minimum Gasteiger partial charge on any atom is -0.376 e. The number of hydrogen-bond donors (Lipinski definition) is 1. The Morgan fingerprint density at radius 1 is 1.39 bits per heavy atom. The number of ether oxygens (including phenoxy) is 1. The average Bonchev–Trinajstić information content (AvgIpc) is 3.13. The van der Waals surface area contributed by atoms with Crippen LogP contribution in [0.25, 0.3) is 0 Å². The highest BCUT2D eigenvalue weighted by Crippen LogP contribution is 2.23. The fraction of sp³-hybridized carbons (Fsp3) is 0.733. The molecule has 3 rings (SSSR count). The largest absolute Gasteiger partial charge is 0.376 e. The summed E-state index contributed by atoms with van der Waals surface area (Å²) in [5.41, 5.74) is 0.859. The molecule has 0 aromatic carbocycles. The van der Waals surface area contributed by atoms with Gasteiger partial charge in [0.2, 0.25) is 5.95 Å². The first-order valence-electron chi connectivity index (χ1n) is 8.07. The summed E-state index contributed by atoms with van der Waals surface area (Å²) in [4.78, 5) is 10.9. The summed E-state index contributed by atoms with van der Waals surface area (Å²) in [6, 6.07) is 1.88. The van der Waals surface area contributed by atoms with E-state index >= 15 is 0 Å². The van der Waals surface area contributed by atoms with E-state index < -0.39 is 9.84 Å². The summed E-state index contributed by atoms with van der Waals surface area (Å²) in [7, 11) is -1.01. The van der Waals surface area contributed by atoms with E-state index in [9.17, 15) is 8.42 Å². The third-order valence-electron chi connectivity index (χ3n) is 4.47. The third kappa shape index (κ3) is 4.11. The smallest absolute Gasteiger partial charge is 0.224 e. The van der Waals surface area contributed by atoms with Gasteiger partial charge in [0.25, 0.3) is 0 Å². The molecule has 23 heavy (non-hydrogen) atoms. The number of nitrogens with one attached hydrogen (secondary N) is 1. The molecule has 0 saturated carbocycles. The molecule has 0 spiro atoms. The van der Waals surface area contributed by atoms with Gasteiger partial charge in [0, 0.05) is 38.0 Å². The lowest BCUT2D eigenvalue weighted by atomic mass is 10.2. The van der Waals surface area contributed by atoms with Crippen LogP contribution in [0, 0.1) is 6.92 Å². The average molecular weight is 340 g/mol. The third-order valence-corrected chi connectivity index (χ3v) is 6.22. The first-order chi connectivity index (χ1) is 10.9. The Morgan fingerprint density at radius 2 is 2.22 bits per heavy atom. The Kier molecular flexibility index (Phi) is 4.72. The van der Waals surface area contributed by atoms with Crippen LogP contribution in [0.15, 0.2) is 6.07 Å². The molecule has 2 unspecified atom stereocenters. The zero-order chi connectivity index (χ0) is 16.4. The van der Waals surface area contributed by atoms with Crippen molar-refractivity contribution in [2.75, 3.05) is 41.9 Å². The highest BCUT2D eigenvalue weighted by atomic mass is 32.2. The van der Waals surface area contributed by atoms with E-state index in [0.717, 1.165) is 31.0 Å². The minimum atomic E-state index is -2.91. The Balaban J connectivity index is 1.69. The molecule has 7 nitrogen and oxygen atoms in total. The highest BCUT2D eigenvalue weighted by Gasteiger charge is 2.31. The lowest BCUT2D eigenvalue weighted by Crippen LogP contribution is -2.33. The van der Waals surface area contributed by atoms with Crippen LogP contribution in [-0.4, -0.2) is 62.2 Å². The summed E-state index contributed by atoms with van der Waals surface area (Å²) in [6.45, 7) is 3.44. The quantitative estimate of drug-likeness (QED) is 0.856. The molecule has 0 bridgehead atoms. The molecule has 0 radical (unpaired) electrons. The van der Waals surface area contributed by atoms with Gasteiger partial charge in [0.1, 0.15) is 5.82 Å². The van der Waals surface area contributed by atoms with Gasteiger partial charge in [0.05, 0.1) is 17.6 Å². The van der Waals surface area contributed by atoms with Gasteiger partial charge in [-0.05, 0) is 26.2 Å². The number of rotatable bonds is 5. The van der Waals surface area contributed by atoms with Gasteiger partial charge in [-0.3, -0.25) is 0 Å². The van der Waals surface area contributed by atoms with E-state index in [-0.39, 0.29) is 23.7 Å². The number of aryl methyl sites for hydroxylation is 1. The molecule has 128 valence electrons. The van der Waals surface area contributed by atoms with Crippen molar-refractivity contribution in [2.24, 2.45) is 0 Å². The molecule has 2 saturated heterocycles. The van der Waals surface area contributed by atoms with Crippen molar-refractivity contribution >= 4 is 21.6 Å². The second-order valence-corrected chi connectivity index (χ2v) is 8.60. The molecule has 1 N–H and O–H groups in total. The summed E-state index contributed by atoms with van der Waals surface area (Å²) >= 11 is 0. The number of aromatic nitrogens is 2. The molecule has 8 heteroatoms. The van der Waals surface area contributed by atoms with Crippen molar-refractivity contribution < 1.29 is 13.2 Å². The normalized spacial score (nSPS) is 26.3. The minimum absolute atomic E-state index is 0.0136. The topological polar surface area (TPSA) is 84.4 Å². The monoisotopic (exact) mass is 340 g/mol. The van der Waals surface area contributed by atoms with Gasteiger partial charge in [-0.1, -0.05) is 0 Å². The summed E-state index contributed by atoms with van der Waals surface area (Å²) < 4.78 is 28.9. The first-order valence-corrected chi connectivity index (χ1v) is 9.89. The summed E-state index contributed by atoms with van der Waals surface area (Å²) in [5.74, 6) is 1.79. The van der Waals surface area contributed by atoms with E-state index in [0.29, 0.717) is 18.9 Å². The van der Waals surface area contributed by atoms with Crippen LogP contribution in [0.2, 0.25) is 0 Å². The Morgan fingerprint density at radius 3 is 2.87 bits per heavy atom. The van der Waals surface area contributed by atoms with Crippen LogP contribution in [0.1, 0.15) is 25.0 Å². The van der Waals surface area contributed by atoms with Crippen LogP contribution < -0.4 is 10.2 Å². The molecule has 2 atom stereocenters. The Bertz CT molecular complexity index is 659. The zero-order valence-electron chi connectivity index (χ0n) is 13.7. The molecule has 2 aliphatic rings. The van der Waals surface area contributed by atoms with E-state index in [4.69, 9.17) is 4.74 Å². The molecule has 0 aliphatic carbocycles. The Hall–Kier alpha value is -1.41. The first kappa shape index (κ1) is 16.4. The van der Waals surface area contributed by atoms with E-state index in [1.54, 1.807) is 0 Å². The fourth-order valence-corrected chi connectivity index (χ4v) is 4.86. The molecule has 2 fully saturated rings. The van der Waals surface area contributed by atoms with Crippen LogP contribution in [0.5, 0.6) is 0 Å². The van der Waals surface area contributed by atoms with E-state index in [1.165, 1.54) is 0 Å². The number of anilines is 2. The van der Waals surface area contributed by atoms with E-state index in [2.05, 4.69) is 15.3 Å². The van der Waals surface area contributed by atoms with Gasteiger partial charge in [-0.25, -0.2) is 13.4 Å². The number of hydrogen-bond acceptors (Lipinski definition) is 7. The van der Waals surface area contributed by atoms with Crippen LogP contribution in [0.3, 0.4) is 0 Å². The predicted molar refractivity (Wildman–Crippen MR) is 89.7 cm³/mol. The Labute approximate surface area is 137 Å². The van der Waals surface area contributed by atoms with Crippen molar-refractivity contribution in [3.8, 4) is 0 Å². The molecular formula is C15H24N4O3S. The molecule has 2 aliphatic heterocycles. The van der Waals surface area contributed by atoms with Gasteiger partial charge < -0.3 is 15.0 Å². The maximum Gasteiger partial charge on any atom is 0.224 e. The van der Waals surface area contributed by atoms with E-state index in [1.807, 2.05) is 24.9 Å². The van der Waals surface area contributed by atoms with Crippen molar-refractivity contribution in [3.63, 3.8) is 0 Å². The zero-order valence-corrected chi connectivity index (χ0v) is 14.5. The maximum atomic E-state index is 11.7. The predicted octanol–water partition coefficient (Wildman–Crippen LogP) is 0.999. The van der Waals surface area contributed by atoms with Gasteiger partial charge in [-0.2, -0.15) is 4.98 Å². The van der Waals surface area contributed by atoms with Crippen molar-refractivity contribution in [1.29, 1.82) is 0 Å². The summed E-state index contributed by atoms with van der Waals surface area (Å²) in [6.07, 6.45) is 3.04. The lowest BCUT2D eigenvalue weighted by molar-refractivity contribution is 0.120. The number of sulfone groups is 1. The number of nitrogens with zero attached hydrogens (tertiary/aromatic N) is 3. The maximum absolute atomic E-state index is 11.7. The van der Waals surface area contributed by atoms with Gasteiger partial charge in [-0.15, -0.1) is 0 Å². The highest BCUT2D eigenvalue weighted by molar-refractivity contribution is 7.91.